The lowest BCUT2D eigenvalue weighted by Gasteiger charge is -2.26. The van der Waals surface area contributed by atoms with E-state index in [1.165, 1.54) is 12.1 Å². The van der Waals surface area contributed by atoms with Crippen molar-refractivity contribution in [1.29, 1.82) is 0 Å². The van der Waals surface area contributed by atoms with E-state index in [9.17, 15) is 14.7 Å². The van der Waals surface area contributed by atoms with Crippen LogP contribution in [-0.2, 0) is 4.79 Å². The van der Waals surface area contributed by atoms with E-state index in [0.717, 1.165) is 18.5 Å². The van der Waals surface area contributed by atoms with E-state index in [4.69, 9.17) is 0 Å². The van der Waals surface area contributed by atoms with Crippen LogP contribution < -0.4 is 10.0 Å². The van der Waals surface area contributed by atoms with Crippen molar-refractivity contribution >= 4 is 17.6 Å². The van der Waals surface area contributed by atoms with Gasteiger partial charge in [-0.05, 0) is 30.5 Å². The van der Waals surface area contributed by atoms with E-state index < -0.39 is 5.97 Å². The SMILES string of the molecule is O=C([O-])c1ccc(N2CCCCC2=O)cc1. The maximum atomic E-state index is 11.6. The van der Waals surface area contributed by atoms with Crippen LogP contribution >= 0.6 is 0 Å². The topological polar surface area (TPSA) is 60.4 Å². The van der Waals surface area contributed by atoms with Gasteiger partial charge in [0.1, 0.15) is 0 Å². The Morgan fingerprint density at radius 2 is 1.88 bits per heavy atom. The smallest absolute Gasteiger partial charge is 0.226 e. The summed E-state index contributed by atoms with van der Waals surface area (Å²) in [6.45, 7) is 0.712. The van der Waals surface area contributed by atoms with E-state index in [0.29, 0.717) is 13.0 Å². The molecule has 0 spiro atoms. The summed E-state index contributed by atoms with van der Waals surface area (Å²) in [5.74, 6) is -1.09. The second-order valence-electron chi connectivity index (χ2n) is 3.84. The third-order valence-corrected chi connectivity index (χ3v) is 2.74. The van der Waals surface area contributed by atoms with Crippen molar-refractivity contribution in [2.75, 3.05) is 11.4 Å². The van der Waals surface area contributed by atoms with Crippen molar-refractivity contribution in [3.8, 4) is 0 Å². The predicted octanol–water partition coefficient (Wildman–Crippen LogP) is 0.567. The van der Waals surface area contributed by atoms with Crippen LogP contribution in [0.2, 0.25) is 0 Å². The zero-order chi connectivity index (χ0) is 11.5. The molecule has 1 fully saturated rings. The maximum absolute atomic E-state index is 11.6. The highest BCUT2D eigenvalue weighted by molar-refractivity contribution is 5.94. The van der Waals surface area contributed by atoms with Gasteiger partial charge in [0, 0.05) is 18.7 Å². The second-order valence-corrected chi connectivity index (χ2v) is 3.84. The standard InChI is InChI=1S/C12H13NO3/c14-11-3-1-2-8-13(11)10-6-4-9(5-7-10)12(15)16/h4-7H,1-3,8H2,(H,15,16)/p-1. The maximum Gasteiger partial charge on any atom is 0.226 e. The average Bonchev–Trinajstić information content (AvgIpc) is 2.30. The fourth-order valence-corrected chi connectivity index (χ4v) is 1.86. The van der Waals surface area contributed by atoms with Gasteiger partial charge in [-0.2, -0.15) is 0 Å². The molecule has 16 heavy (non-hydrogen) atoms. The molecule has 0 N–H and O–H groups in total. The van der Waals surface area contributed by atoms with Crippen LogP contribution in [0.5, 0.6) is 0 Å². The molecule has 1 amide bonds. The van der Waals surface area contributed by atoms with Crippen LogP contribution in [0, 0.1) is 0 Å². The molecule has 1 aliphatic heterocycles. The van der Waals surface area contributed by atoms with Gasteiger partial charge in [0.25, 0.3) is 0 Å². The van der Waals surface area contributed by atoms with Crippen molar-refractivity contribution in [2.45, 2.75) is 19.3 Å². The van der Waals surface area contributed by atoms with Gasteiger partial charge in [0.2, 0.25) is 5.91 Å². The Hall–Kier alpha value is -1.84. The van der Waals surface area contributed by atoms with E-state index in [2.05, 4.69) is 0 Å². The minimum atomic E-state index is -1.20. The van der Waals surface area contributed by atoms with Crippen molar-refractivity contribution in [3.63, 3.8) is 0 Å². The van der Waals surface area contributed by atoms with Gasteiger partial charge in [-0.25, -0.2) is 0 Å². The number of carboxylic acid groups (broad SMARTS) is 1. The van der Waals surface area contributed by atoms with E-state index in [-0.39, 0.29) is 11.5 Å². The number of benzene rings is 1. The number of carbonyl (C=O) groups is 2. The molecule has 1 heterocycles. The van der Waals surface area contributed by atoms with Gasteiger partial charge < -0.3 is 14.8 Å². The van der Waals surface area contributed by atoms with Crippen LogP contribution in [-0.4, -0.2) is 18.4 Å². The van der Waals surface area contributed by atoms with Crippen molar-refractivity contribution in [3.05, 3.63) is 29.8 Å². The molecule has 84 valence electrons. The Morgan fingerprint density at radius 3 is 2.44 bits per heavy atom. The molecule has 4 heteroatoms. The van der Waals surface area contributed by atoms with Crippen LogP contribution in [0.1, 0.15) is 29.6 Å². The third kappa shape index (κ3) is 2.05. The van der Waals surface area contributed by atoms with Crippen LogP contribution in [0.25, 0.3) is 0 Å². The number of rotatable bonds is 2. The first-order chi connectivity index (χ1) is 7.68. The normalized spacial score (nSPS) is 16.2. The summed E-state index contributed by atoms with van der Waals surface area (Å²) in [5.41, 5.74) is 0.892. The fraction of sp³-hybridized carbons (Fsp3) is 0.333. The van der Waals surface area contributed by atoms with Crippen molar-refractivity contribution in [1.82, 2.24) is 0 Å². The van der Waals surface area contributed by atoms with Crippen LogP contribution in [0.15, 0.2) is 24.3 Å². The first kappa shape index (κ1) is 10.7. The molecule has 0 unspecified atom stereocenters. The number of amides is 1. The predicted molar refractivity (Wildman–Crippen MR) is 57.0 cm³/mol. The Balaban J connectivity index is 2.20. The zero-order valence-electron chi connectivity index (χ0n) is 8.81. The Morgan fingerprint density at radius 1 is 1.19 bits per heavy atom. The van der Waals surface area contributed by atoms with Gasteiger partial charge in [-0.3, -0.25) is 4.79 Å². The van der Waals surface area contributed by atoms with Crippen LogP contribution in [0.4, 0.5) is 5.69 Å². The van der Waals surface area contributed by atoms with E-state index >= 15 is 0 Å². The first-order valence-corrected chi connectivity index (χ1v) is 5.30. The number of nitrogens with zero attached hydrogens (tertiary/aromatic N) is 1. The van der Waals surface area contributed by atoms with Crippen molar-refractivity contribution in [2.24, 2.45) is 0 Å². The lowest BCUT2D eigenvalue weighted by atomic mass is 10.1. The Kier molecular flexibility index (Phi) is 2.90. The first-order valence-electron chi connectivity index (χ1n) is 5.30. The molecule has 0 atom stereocenters. The monoisotopic (exact) mass is 218 g/mol. The molecule has 0 aromatic heterocycles. The third-order valence-electron chi connectivity index (χ3n) is 2.74. The highest BCUT2D eigenvalue weighted by atomic mass is 16.4. The molecule has 1 aliphatic rings. The molecular weight excluding hydrogens is 206 g/mol. The molecule has 2 rings (SSSR count). The Bertz CT molecular complexity index is 411. The number of anilines is 1. The Labute approximate surface area is 93.5 Å². The molecule has 1 aromatic carbocycles. The highest BCUT2D eigenvalue weighted by Gasteiger charge is 2.19. The molecule has 0 saturated carbocycles. The second kappa shape index (κ2) is 4.35. The quantitative estimate of drug-likeness (QED) is 0.729. The number of carboxylic acids is 1. The summed E-state index contributed by atoms with van der Waals surface area (Å²) in [4.78, 5) is 23.9. The van der Waals surface area contributed by atoms with Gasteiger partial charge in [-0.15, -0.1) is 0 Å². The molecular formula is C12H12NO3-. The van der Waals surface area contributed by atoms with E-state index in [1.54, 1.807) is 17.0 Å². The lowest BCUT2D eigenvalue weighted by molar-refractivity contribution is -0.255. The summed E-state index contributed by atoms with van der Waals surface area (Å²) in [7, 11) is 0. The number of hydrogen-bond acceptors (Lipinski definition) is 3. The highest BCUT2D eigenvalue weighted by Crippen LogP contribution is 2.20. The zero-order valence-corrected chi connectivity index (χ0v) is 8.81. The molecule has 0 radical (unpaired) electrons. The lowest BCUT2D eigenvalue weighted by Crippen LogP contribution is -2.35. The van der Waals surface area contributed by atoms with Gasteiger partial charge in [-0.1, -0.05) is 12.1 Å². The number of aromatic carboxylic acids is 1. The summed E-state index contributed by atoms with van der Waals surface area (Å²) in [6.07, 6.45) is 2.50. The molecule has 1 saturated heterocycles. The molecule has 0 aliphatic carbocycles. The minimum Gasteiger partial charge on any atom is -0.545 e. The summed E-state index contributed by atoms with van der Waals surface area (Å²) < 4.78 is 0. The average molecular weight is 218 g/mol. The van der Waals surface area contributed by atoms with Gasteiger partial charge in [0.05, 0.1) is 5.97 Å². The fourth-order valence-electron chi connectivity index (χ4n) is 1.86. The number of carbonyl (C=O) groups excluding carboxylic acids is 2. The number of hydrogen-bond donors (Lipinski definition) is 0. The van der Waals surface area contributed by atoms with Crippen molar-refractivity contribution < 1.29 is 14.7 Å². The molecule has 4 nitrogen and oxygen atoms in total. The summed E-state index contributed by atoms with van der Waals surface area (Å²) >= 11 is 0. The minimum absolute atomic E-state index is 0.104. The number of piperidine rings is 1. The van der Waals surface area contributed by atoms with Crippen LogP contribution in [0.3, 0.4) is 0 Å². The van der Waals surface area contributed by atoms with Gasteiger partial charge >= 0.3 is 0 Å². The summed E-state index contributed by atoms with van der Waals surface area (Å²) in [6, 6.07) is 6.22. The largest absolute Gasteiger partial charge is 0.545 e. The molecule has 0 bridgehead atoms. The summed E-state index contributed by atoms with van der Waals surface area (Å²) in [5, 5.41) is 10.6. The van der Waals surface area contributed by atoms with E-state index in [1.807, 2.05) is 0 Å². The molecule has 1 aromatic rings. The van der Waals surface area contributed by atoms with Gasteiger partial charge in [0.15, 0.2) is 0 Å².